The van der Waals surface area contributed by atoms with Crippen LogP contribution in [-0.2, 0) is 4.79 Å². The Labute approximate surface area is 192 Å². The number of hydrogen-bond donors (Lipinski definition) is 2. The zero-order valence-electron chi connectivity index (χ0n) is 18.6. The van der Waals surface area contributed by atoms with Gasteiger partial charge in [-0.3, -0.25) is 9.59 Å². The van der Waals surface area contributed by atoms with E-state index in [1.807, 2.05) is 12.1 Å². The lowest BCUT2D eigenvalue weighted by molar-refractivity contribution is -0.133. The van der Waals surface area contributed by atoms with E-state index < -0.39 is 11.5 Å². The number of hydrogen-bond acceptors (Lipinski definition) is 4. The normalized spacial score (nSPS) is 22.1. The molecule has 168 valence electrons. The Balaban J connectivity index is 1.46. The molecule has 33 heavy (non-hydrogen) atoms. The summed E-state index contributed by atoms with van der Waals surface area (Å²) in [6.07, 6.45) is 6.53. The van der Waals surface area contributed by atoms with E-state index in [9.17, 15) is 14.7 Å². The Morgan fingerprint density at radius 1 is 1.21 bits per heavy atom. The monoisotopic (exact) mass is 442 g/mol. The fourth-order valence-electron chi connectivity index (χ4n) is 5.60. The zero-order chi connectivity index (χ0) is 22.9. The van der Waals surface area contributed by atoms with Gasteiger partial charge in [0.15, 0.2) is 0 Å². The zero-order valence-corrected chi connectivity index (χ0v) is 18.6. The molecule has 0 spiro atoms. The molecule has 5 aliphatic rings. The van der Waals surface area contributed by atoms with Gasteiger partial charge < -0.3 is 20.3 Å². The second kappa shape index (κ2) is 7.06. The Morgan fingerprint density at radius 2 is 1.94 bits per heavy atom. The van der Waals surface area contributed by atoms with Crippen LogP contribution >= 0.6 is 0 Å². The molecule has 2 fully saturated rings. The van der Waals surface area contributed by atoms with Crippen LogP contribution < -0.4 is 5.73 Å². The molecule has 2 bridgehead atoms. The molecule has 1 aromatic heterocycles. The molecule has 0 radical (unpaired) electrons. The molecule has 3 aliphatic heterocycles. The fourth-order valence-corrected chi connectivity index (χ4v) is 5.60. The van der Waals surface area contributed by atoms with Crippen LogP contribution in [0, 0.1) is 11.8 Å². The largest absolute Gasteiger partial charge is 0.378 e. The molecular formula is C26H26N4O3. The predicted molar refractivity (Wildman–Crippen MR) is 123 cm³/mol. The summed E-state index contributed by atoms with van der Waals surface area (Å²) < 4.78 is 2.15. The number of imidazole rings is 1. The van der Waals surface area contributed by atoms with Crippen molar-refractivity contribution in [1.29, 1.82) is 0 Å². The maximum atomic E-state index is 12.4. The fraction of sp³-hybridized carbons (Fsp3) is 0.423. The van der Waals surface area contributed by atoms with E-state index in [-0.39, 0.29) is 17.9 Å². The third-order valence-corrected chi connectivity index (χ3v) is 7.53. The van der Waals surface area contributed by atoms with E-state index in [4.69, 9.17) is 10.7 Å². The van der Waals surface area contributed by atoms with Gasteiger partial charge in [0, 0.05) is 37.1 Å². The van der Waals surface area contributed by atoms with Crippen LogP contribution in [0.25, 0.3) is 17.0 Å². The van der Waals surface area contributed by atoms with E-state index in [1.54, 1.807) is 11.8 Å². The van der Waals surface area contributed by atoms with Crippen molar-refractivity contribution in [2.75, 3.05) is 13.1 Å². The van der Waals surface area contributed by atoms with Crippen LogP contribution in [0.3, 0.4) is 0 Å². The van der Waals surface area contributed by atoms with Gasteiger partial charge in [0.2, 0.25) is 5.91 Å². The first-order chi connectivity index (χ1) is 15.8. The molecule has 1 saturated heterocycles. The first-order valence-electron chi connectivity index (χ1n) is 11.6. The van der Waals surface area contributed by atoms with Crippen molar-refractivity contribution in [2.24, 2.45) is 5.73 Å². The van der Waals surface area contributed by atoms with Gasteiger partial charge in [-0.15, -0.1) is 0 Å². The van der Waals surface area contributed by atoms with Gasteiger partial charge in [-0.05, 0) is 55.4 Å². The van der Waals surface area contributed by atoms with E-state index in [0.29, 0.717) is 31.6 Å². The Hall–Kier alpha value is -3.37. The number of aliphatic hydroxyl groups is 1. The third-order valence-electron chi connectivity index (χ3n) is 7.53. The lowest BCUT2D eigenvalue weighted by Crippen LogP contribution is -2.48. The number of nitrogens with two attached hydrogens (primary N) is 1. The number of carbonyl (C=O) groups excluding carboxylic acids is 2. The molecule has 1 atom stereocenters. The minimum absolute atomic E-state index is 0.0331. The summed E-state index contributed by atoms with van der Waals surface area (Å²) in [5.41, 5.74) is 10.1. The first kappa shape index (κ1) is 20.3. The van der Waals surface area contributed by atoms with Gasteiger partial charge in [0.1, 0.15) is 17.1 Å². The number of rotatable bonds is 2. The number of benzene rings is 1. The first-order valence-corrected chi connectivity index (χ1v) is 11.6. The van der Waals surface area contributed by atoms with Crippen molar-refractivity contribution < 1.29 is 14.7 Å². The van der Waals surface area contributed by atoms with Crippen molar-refractivity contribution in [3.05, 3.63) is 46.8 Å². The van der Waals surface area contributed by atoms with Gasteiger partial charge >= 0.3 is 0 Å². The number of nitrogens with zero attached hydrogens (tertiary/aromatic N) is 3. The number of carbonyl (C=O) groups is 2. The molecule has 2 aromatic rings. The molecule has 1 aromatic carbocycles. The van der Waals surface area contributed by atoms with Gasteiger partial charge in [-0.2, -0.15) is 0 Å². The number of aromatic nitrogens is 2. The van der Waals surface area contributed by atoms with E-state index in [2.05, 4.69) is 28.6 Å². The SMILES string of the molecule is CC(=O)N1CC(c2c(C(N)=O)nc3n2C2C=C(C2)c2ccc(C#CC4(O)CCCC4)cc2-3)C1. The molecule has 7 nitrogen and oxygen atoms in total. The third kappa shape index (κ3) is 3.12. The summed E-state index contributed by atoms with van der Waals surface area (Å²) in [5, 5.41) is 10.6. The average molecular weight is 443 g/mol. The van der Waals surface area contributed by atoms with Crippen molar-refractivity contribution in [3.8, 4) is 23.2 Å². The molecule has 7 rings (SSSR count). The number of likely N-dealkylation sites (tertiary alicyclic amines) is 1. The lowest BCUT2D eigenvalue weighted by atomic mass is 9.85. The summed E-state index contributed by atoms with van der Waals surface area (Å²) in [6.45, 7) is 2.70. The highest BCUT2D eigenvalue weighted by atomic mass is 16.3. The van der Waals surface area contributed by atoms with Gasteiger partial charge in [0.05, 0.1) is 11.7 Å². The van der Waals surface area contributed by atoms with Crippen LogP contribution in [0.5, 0.6) is 0 Å². The topological polar surface area (TPSA) is 101 Å². The smallest absolute Gasteiger partial charge is 0.269 e. The quantitative estimate of drug-likeness (QED) is 0.698. The van der Waals surface area contributed by atoms with E-state index >= 15 is 0 Å². The highest BCUT2D eigenvalue weighted by molar-refractivity contribution is 5.95. The molecule has 1 saturated carbocycles. The van der Waals surface area contributed by atoms with Gasteiger partial charge in [0.25, 0.3) is 5.91 Å². The highest BCUT2D eigenvalue weighted by Gasteiger charge is 2.41. The highest BCUT2D eigenvalue weighted by Crippen LogP contribution is 2.49. The van der Waals surface area contributed by atoms with Crippen LogP contribution in [0.4, 0.5) is 0 Å². The van der Waals surface area contributed by atoms with Crippen molar-refractivity contribution in [3.63, 3.8) is 0 Å². The second-order valence-corrected chi connectivity index (χ2v) is 9.74. The Morgan fingerprint density at radius 3 is 2.61 bits per heavy atom. The summed E-state index contributed by atoms with van der Waals surface area (Å²) in [7, 11) is 0. The molecule has 1 unspecified atom stereocenters. The Bertz CT molecular complexity index is 1300. The van der Waals surface area contributed by atoms with Crippen molar-refractivity contribution in [2.45, 2.75) is 56.6 Å². The van der Waals surface area contributed by atoms with Crippen LogP contribution in [0.15, 0.2) is 24.3 Å². The predicted octanol–water partition coefficient (Wildman–Crippen LogP) is 2.59. The van der Waals surface area contributed by atoms with E-state index in [1.165, 1.54) is 5.57 Å². The Kier molecular flexibility index (Phi) is 4.33. The minimum Gasteiger partial charge on any atom is -0.378 e. The molecule has 7 heteroatoms. The number of allylic oxidation sites excluding steroid dienone is 2. The van der Waals surface area contributed by atoms with E-state index in [0.717, 1.165) is 47.5 Å². The van der Waals surface area contributed by atoms with Crippen LogP contribution in [0.1, 0.15) is 78.3 Å². The van der Waals surface area contributed by atoms with Crippen molar-refractivity contribution in [1.82, 2.24) is 14.5 Å². The standard InChI is InChI=1S/C26H26N4O3/c1-15(31)29-13-18(14-29)23-22(24(27)32)28-25-21-10-16(6-9-26(33)7-2-3-8-26)4-5-20(21)17-11-19(12-17)30(23)25/h4-5,10-11,18-19,33H,2-3,7-8,12-14H2,1H3,(H2,27,32). The van der Waals surface area contributed by atoms with Crippen molar-refractivity contribution >= 4 is 17.4 Å². The lowest BCUT2D eigenvalue weighted by Gasteiger charge is -2.40. The van der Waals surface area contributed by atoms with Crippen LogP contribution in [0.2, 0.25) is 0 Å². The molecule has 2 aliphatic carbocycles. The second-order valence-electron chi connectivity index (χ2n) is 9.74. The summed E-state index contributed by atoms with van der Waals surface area (Å²) >= 11 is 0. The maximum absolute atomic E-state index is 12.4. The summed E-state index contributed by atoms with van der Waals surface area (Å²) in [5.74, 6) is 6.51. The average Bonchev–Trinajstić information content (AvgIpc) is 3.24. The van der Waals surface area contributed by atoms with Crippen LogP contribution in [-0.4, -0.2) is 50.1 Å². The number of amides is 2. The molecule has 3 N–H and O–H groups in total. The maximum Gasteiger partial charge on any atom is 0.269 e. The molecule has 2 amide bonds. The van der Waals surface area contributed by atoms with Gasteiger partial charge in [-0.1, -0.05) is 24.0 Å². The number of primary amides is 1. The molecule has 4 heterocycles. The summed E-state index contributed by atoms with van der Waals surface area (Å²) in [4.78, 5) is 30.6. The molecular weight excluding hydrogens is 416 g/mol. The summed E-state index contributed by atoms with van der Waals surface area (Å²) in [6, 6.07) is 6.19. The van der Waals surface area contributed by atoms with Gasteiger partial charge in [-0.25, -0.2) is 4.98 Å². The minimum atomic E-state index is -0.894.